The van der Waals surface area contributed by atoms with E-state index in [9.17, 15) is 13.6 Å². The van der Waals surface area contributed by atoms with Crippen molar-refractivity contribution in [3.8, 4) is 6.07 Å². The van der Waals surface area contributed by atoms with Gasteiger partial charge in [0.2, 0.25) is 0 Å². The average Bonchev–Trinajstić information content (AvgIpc) is 2.44. The van der Waals surface area contributed by atoms with E-state index in [0.29, 0.717) is 0 Å². The van der Waals surface area contributed by atoms with Gasteiger partial charge in [-0.3, -0.25) is 4.79 Å². The third-order valence-electron chi connectivity index (χ3n) is 2.81. The zero-order chi connectivity index (χ0) is 14.7. The van der Waals surface area contributed by atoms with E-state index >= 15 is 0 Å². The number of hydrogen-bond donors (Lipinski definition) is 0. The molecule has 0 heterocycles. The highest BCUT2D eigenvalue weighted by molar-refractivity contribution is 9.10. The summed E-state index contributed by atoms with van der Waals surface area (Å²) in [4.78, 5) is 12.3. The van der Waals surface area contributed by atoms with Crippen molar-refractivity contribution in [1.29, 1.82) is 5.26 Å². The standard InChI is InChI=1S/C15H8BrF2NO/c16-12-7-9(5-6-14(12)18)15(20)11(8-19)10-3-1-2-4-13(10)17/h1-7,11H. The molecule has 0 aliphatic carbocycles. The largest absolute Gasteiger partial charge is 0.292 e. The summed E-state index contributed by atoms with van der Waals surface area (Å²) in [5.74, 6) is -2.96. The molecule has 0 N–H and O–H groups in total. The van der Waals surface area contributed by atoms with Crippen LogP contribution < -0.4 is 0 Å². The third-order valence-corrected chi connectivity index (χ3v) is 3.42. The van der Waals surface area contributed by atoms with Crippen molar-refractivity contribution in [1.82, 2.24) is 0 Å². The van der Waals surface area contributed by atoms with Crippen molar-refractivity contribution in [3.63, 3.8) is 0 Å². The van der Waals surface area contributed by atoms with E-state index in [1.165, 1.54) is 30.3 Å². The summed E-state index contributed by atoms with van der Waals surface area (Å²) in [5.41, 5.74) is 0.161. The normalized spacial score (nSPS) is 11.7. The van der Waals surface area contributed by atoms with Gasteiger partial charge in [0.05, 0.1) is 10.5 Å². The minimum Gasteiger partial charge on any atom is -0.292 e. The molecule has 0 saturated carbocycles. The first-order valence-electron chi connectivity index (χ1n) is 5.68. The number of ketones is 1. The Hall–Kier alpha value is -2.06. The number of benzene rings is 2. The third kappa shape index (κ3) is 2.75. The van der Waals surface area contributed by atoms with Gasteiger partial charge >= 0.3 is 0 Å². The summed E-state index contributed by atoms with van der Waals surface area (Å²) in [6.07, 6.45) is 0. The van der Waals surface area contributed by atoms with Crippen LogP contribution in [0.15, 0.2) is 46.9 Å². The van der Waals surface area contributed by atoms with Crippen LogP contribution in [0.4, 0.5) is 8.78 Å². The van der Waals surface area contributed by atoms with Crippen LogP contribution in [0.3, 0.4) is 0 Å². The molecule has 0 amide bonds. The second-order valence-electron chi connectivity index (χ2n) is 4.08. The van der Waals surface area contributed by atoms with Crippen molar-refractivity contribution < 1.29 is 13.6 Å². The molecule has 1 atom stereocenters. The number of carbonyl (C=O) groups is 1. The monoisotopic (exact) mass is 335 g/mol. The SMILES string of the molecule is N#CC(C(=O)c1ccc(F)c(Br)c1)c1ccccc1F. The Balaban J connectivity index is 2.42. The molecule has 0 fully saturated rings. The number of rotatable bonds is 3. The molecule has 100 valence electrons. The van der Waals surface area contributed by atoms with E-state index in [-0.39, 0.29) is 15.6 Å². The maximum absolute atomic E-state index is 13.7. The highest BCUT2D eigenvalue weighted by Crippen LogP contribution is 2.25. The zero-order valence-corrected chi connectivity index (χ0v) is 11.7. The van der Waals surface area contributed by atoms with Crippen molar-refractivity contribution in [2.75, 3.05) is 0 Å². The first-order chi connectivity index (χ1) is 9.54. The van der Waals surface area contributed by atoms with E-state index < -0.39 is 23.3 Å². The van der Waals surface area contributed by atoms with Crippen LogP contribution in [0.25, 0.3) is 0 Å². The predicted molar refractivity (Wildman–Crippen MR) is 73.2 cm³/mol. The fourth-order valence-corrected chi connectivity index (χ4v) is 2.17. The molecule has 0 aliphatic heterocycles. The summed E-state index contributed by atoms with van der Waals surface area (Å²) in [5, 5.41) is 9.14. The van der Waals surface area contributed by atoms with Gasteiger partial charge in [-0.05, 0) is 40.2 Å². The van der Waals surface area contributed by atoms with Crippen molar-refractivity contribution in [2.45, 2.75) is 5.92 Å². The minimum atomic E-state index is -1.26. The summed E-state index contributed by atoms with van der Waals surface area (Å²) in [6, 6.07) is 11.1. The fraction of sp³-hybridized carbons (Fsp3) is 0.0667. The molecule has 0 spiro atoms. The molecule has 5 heteroatoms. The van der Waals surface area contributed by atoms with Crippen LogP contribution in [0.5, 0.6) is 0 Å². The molecule has 1 unspecified atom stereocenters. The van der Waals surface area contributed by atoms with Crippen molar-refractivity contribution in [3.05, 3.63) is 69.7 Å². The molecule has 0 aliphatic rings. The highest BCUT2D eigenvalue weighted by atomic mass is 79.9. The minimum absolute atomic E-state index is 0.0143. The van der Waals surface area contributed by atoms with E-state index in [4.69, 9.17) is 5.26 Å². The Labute approximate surface area is 122 Å². The van der Waals surface area contributed by atoms with Gasteiger partial charge in [-0.1, -0.05) is 18.2 Å². The molecule has 0 aromatic heterocycles. The average molecular weight is 336 g/mol. The summed E-state index contributed by atoms with van der Waals surface area (Å²) in [6.45, 7) is 0. The van der Waals surface area contributed by atoms with Crippen LogP contribution in [-0.2, 0) is 0 Å². The first kappa shape index (κ1) is 14.4. The van der Waals surface area contributed by atoms with Crippen LogP contribution in [0.1, 0.15) is 21.8 Å². The van der Waals surface area contributed by atoms with Crippen LogP contribution in [0, 0.1) is 23.0 Å². The first-order valence-corrected chi connectivity index (χ1v) is 6.47. The lowest BCUT2D eigenvalue weighted by atomic mass is 9.91. The maximum atomic E-state index is 13.7. The number of nitrogens with zero attached hydrogens (tertiary/aromatic N) is 1. The van der Waals surface area contributed by atoms with E-state index in [2.05, 4.69) is 15.9 Å². The van der Waals surface area contributed by atoms with Crippen LogP contribution in [0.2, 0.25) is 0 Å². The summed E-state index contributed by atoms with van der Waals surface area (Å²) >= 11 is 2.97. The van der Waals surface area contributed by atoms with E-state index in [0.717, 1.165) is 6.07 Å². The van der Waals surface area contributed by atoms with Crippen LogP contribution >= 0.6 is 15.9 Å². The van der Waals surface area contributed by atoms with Gasteiger partial charge in [0, 0.05) is 11.1 Å². The van der Waals surface area contributed by atoms with Crippen molar-refractivity contribution >= 4 is 21.7 Å². The zero-order valence-electron chi connectivity index (χ0n) is 10.1. The Morgan fingerprint density at radius 1 is 1.15 bits per heavy atom. The lowest BCUT2D eigenvalue weighted by molar-refractivity contribution is 0.0977. The molecule has 2 aromatic rings. The van der Waals surface area contributed by atoms with Crippen molar-refractivity contribution in [2.24, 2.45) is 0 Å². The molecule has 0 radical (unpaired) electrons. The van der Waals surface area contributed by atoms with Gasteiger partial charge in [0.25, 0.3) is 0 Å². The smallest absolute Gasteiger partial charge is 0.184 e. The summed E-state index contributed by atoms with van der Waals surface area (Å²) in [7, 11) is 0. The number of hydrogen-bond acceptors (Lipinski definition) is 2. The topological polar surface area (TPSA) is 40.9 Å². The van der Waals surface area contributed by atoms with E-state index in [1.54, 1.807) is 12.1 Å². The Morgan fingerprint density at radius 2 is 1.85 bits per heavy atom. The number of carbonyl (C=O) groups excluding carboxylic acids is 1. The quantitative estimate of drug-likeness (QED) is 0.788. The van der Waals surface area contributed by atoms with E-state index in [1.807, 2.05) is 0 Å². The molecule has 0 bridgehead atoms. The number of halogens is 3. The Bertz CT molecular complexity index is 709. The summed E-state index contributed by atoms with van der Waals surface area (Å²) < 4.78 is 26.9. The second-order valence-corrected chi connectivity index (χ2v) is 4.93. The highest BCUT2D eigenvalue weighted by Gasteiger charge is 2.24. The molecule has 2 aromatic carbocycles. The number of nitriles is 1. The maximum Gasteiger partial charge on any atom is 0.184 e. The lowest BCUT2D eigenvalue weighted by Gasteiger charge is -2.10. The van der Waals surface area contributed by atoms with Gasteiger partial charge in [0.15, 0.2) is 5.78 Å². The van der Waals surface area contributed by atoms with Gasteiger partial charge in [-0.2, -0.15) is 5.26 Å². The van der Waals surface area contributed by atoms with Gasteiger partial charge in [0.1, 0.15) is 17.6 Å². The molecule has 2 nitrogen and oxygen atoms in total. The fourth-order valence-electron chi connectivity index (χ4n) is 1.79. The Morgan fingerprint density at radius 3 is 2.45 bits per heavy atom. The van der Waals surface area contributed by atoms with Gasteiger partial charge in [-0.15, -0.1) is 0 Å². The Kier molecular flexibility index (Phi) is 4.26. The molecule has 2 rings (SSSR count). The molecule has 20 heavy (non-hydrogen) atoms. The molecular formula is C15H8BrF2NO. The second kappa shape index (κ2) is 5.93. The lowest BCUT2D eigenvalue weighted by Crippen LogP contribution is -2.13. The van der Waals surface area contributed by atoms with Gasteiger partial charge in [-0.25, -0.2) is 8.78 Å². The molecule has 0 saturated heterocycles. The predicted octanol–water partition coefficient (Wildman–Crippen LogP) is 4.22. The van der Waals surface area contributed by atoms with Crippen LogP contribution in [-0.4, -0.2) is 5.78 Å². The molecular weight excluding hydrogens is 328 g/mol. The number of Topliss-reactive ketones (excluding diaryl/α,β-unsaturated/α-hetero) is 1. The van der Waals surface area contributed by atoms with Gasteiger partial charge < -0.3 is 0 Å².